The van der Waals surface area contributed by atoms with E-state index in [2.05, 4.69) is 11.1 Å². The van der Waals surface area contributed by atoms with Crippen LogP contribution in [0.1, 0.15) is 12.8 Å². The van der Waals surface area contributed by atoms with E-state index in [-0.39, 0.29) is 0 Å². The van der Waals surface area contributed by atoms with Crippen LogP contribution in [0.3, 0.4) is 0 Å². The predicted molar refractivity (Wildman–Crippen MR) is 75.8 cm³/mol. The number of hydrogen-bond donors (Lipinski definition) is 0. The Morgan fingerprint density at radius 1 is 1.11 bits per heavy atom. The SMILES string of the molecule is CO[Si](C)(CCCN1CCC[Si]1(OC)OC)OC. The van der Waals surface area contributed by atoms with Gasteiger partial charge in [0.1, 0.15) is 0 Å². The van der Waals surface area contributed by atoms with Crippen LogP contribution in [0.15, 0.2) is 0 Å². The summed E-state index contributed by atoms with van der Waals surface area (Å²) in [5.41, 5.74) is 0. The van der Waals surface area contributed by atoms with Gasteiger partial charge in [-0.25, -0.2) is 0 Å². The molecule has 0 saturated carbocycles. The minimum Gasteiger partial charge on any atom is -0.398 e. The van der Waals surface area contributed by atoms with Crippen molar-refractivity contribution in [2.24, 2.45) is 0 Å². The van der Waals surface area contributed by atoms with Gasteiger partial charge in [0.05, 0.1) is 0 Å². The topological polar surface area (TPSA) is 40.2 Å². The van der Waals surface area contributed by atoms with Crippen LogP contribution in [-0.4, -0.2) is 63.4 Å². The third kappa shape index (κ3) is 3.63. The van der Waals surface area contributed by atoms with Crippen LogP contribution in [0, 0.1) is 0 Å². The summed E-state index contributed by atoms with van der Waals surface area (Å²) in [6.07, 6.45) is 2.25. The molecule has 1 heterocycles. The molecule has 18 heavy (non-hydrogen) atoms. The van der Waals surface area contributed by atoms with Gasteiger partial charge in [-0.05, 0) is 38.5 Å². The van der Waals surface area contributed by atoms with E-state index in [1.54, 1.807) is 28.4 Å². The zero-order chi connectivity index (χ0) is 13.6. The van der Waals surface area contributed by atoms with Gasteiger partial charge in [-0.2, -0.15) is 0 Å². The second-order valence-corrected chi connectivity index (χ2v) is 11.8. The second kappa shape index (κ2) is 7.13. The zero-order valence-corrected chi connectivity index (χ0v) is 14.3. The Balaban J connectivity index is 2.43. The quantitative estimate of drug-likeness (QED) is 0.637. The molecule has 0 unspecified atom stereocenters. The summed E-state index contributed by atoms with van der Waals surface area (Å²) in [5.74, 6) is 0. The Kier molecular flexibility index (Phi) is 6.45. The van der Waals surface area contributed by atoms with E-state index in [4.69, 9.17) is 17.7 Å². The molecule has 1 rings (SSSR count). The van der Waals surface area contributed by atoms with Crippen LogP contribution in [0.5, 0.6) is 0 Å². The molecule has 0 aromatic heterocycles. The third-order valence-electron chi connectivity index (χ3n) is 3.96. The maximum Gasteiger partial charge on any atom is 0.427 e. The van der Waals surface area contributed by atoms with Crippen LogP contribution >= 0.6 is 0 Å². The molecule has 0 N–H and O–H groups in total. The summed E-state index contributed by atoms with van der Waals surface area (Å²) in [7, 11) is 3.05. The summed E-state index contributed by atoms with van der Waals surface area (Å²) in [6, 6.07) is 2.08. The molecule has 0 atom stereocenters. The summed E-state index contributed by atoms with van der Waals surface area (Å²) >= 11 is 0. The highest BCUT2D eigenvalue weighted by Gasteiger charge is 2.47. The molecule has 0 aliphatic carbocycles. The van der Waals surface area contributed by atoms with Crippen LogP contribution in [-0.2, 0) is 17.7 Å². The first kappa shape index (κ1) is 16.3. The standard InChI is InChI=1S/C11H27NO4Si2/c1-13-17(5,14-2)10-6-8-12-9-7-11-18(12,15-3)16-4/h6-11H2,1-5H3. The van der Waals surface area contributed by atoms with E-state index in [0.29, 0.717) is 0 Å². The fraction of sp³-hybridized carbons (Fsp3) is 1.00. The molecule has 1 aliphatic rings. The molecule has 5 nitrogen and oxygen atoms in total. The summed E-state index contributed by atoms with van der Waals surface area (Å²) in [6.45, 7) is 4.21. The minimum atomic E-state index is -2.06. The van der Waals surface area contributed by atoms with Crippen molar-refractivity contribution in [2.45, 2.75) is 31.5 Å². The molecule has 1 saturated heterocycles. The van der Waals surface area contributed by atoms with Crippen molar-refractivity contribution >= 4 is 17.3 Å². The van der Waals surface area contributed by atoms with Crippen molar-refractivity contribution in [3.8, 4) is 0 Å². The Bertz CT molecular complexity index is 247. The van der Waals surface area contributed by atoms with Crippen LogP contribution in [0.25, 0.3) is 0 Å². The van der Waals surface area contributed by atoms with Crippen LogP contribution < -0.4 is 0 Å². The van der Waals surface area contributed by atoms with Gasteiger partial charge in [-0.15, -0.1) is 0 Å². The Morgan fingerprint density at radius 3 is 2.22 bits per heavy atom. The molecule has 0 spiro atoms. The molecule has 0 aromatic rings. The summed E-state index contributed by atoms with van der Waals surface area (Å²) in [4.78, 5) is 0. The average molecular weight is 294 g/mol. The first-order valence-corrected chi connectivity index (χ1v) is 11.0. The van der Waals surface area contributed by atoms with E-state index < -0.39 is 17.3 Å². The highest BCUT2D eigenvalue weighted by atomic mass is 28.4. The van der Waals surface area contributed by atoms with Crippen molar-refractivity contribution in [1.29, 1.82) is 0 Å². The maximum atomic E-state index is 5.69. The van der Waals surface area contributed by atoms with E-state index >= 15 is 0 Å². The molecular formula is C11H27NO4Si2. The number of hydrogen-bond acceptors (Lipinski definition) is 5. The molecule has 0 bridgehead atoms. The molecule has 1 aliphatic heterocycles. The lowest BCUT2D eigenvalue weighted by Gasteiger charge is -2.32. The van der Waals surface area contributed by atoms with Crippen molar-refractivity contribution in [2.75, 3.05) is 41.5 Å². The van der Waals surface area contributed by atoms with Gasteiger partial charge >= 0.3 is 17.3 Å². The van der Waals surface area contributed by atoms with Crippen molar-refractivity contribution in [3.63, 3.8) is 0 Å². The highest BCUT2D eigenvalue weighted by Crippen LogP contribution is 2.28. The van der Waals surface area contributed by atoms with E-state index in [1.807, 2.05) is 0 Å². The van der Waals surface area contributed by atoms with Gasteiger partial charge in [0, 0.05) is 34.5 Å². The largest absolute Gasteiger partial charge is 0.427 e. The fourth-order valence-electron chi connectivity index (χ4n) is 2.53. The van der Waals surface area contributed by atoms with Crippen molar-refractivity contribution < 1.29 is 17.7 Å². The average Bonchev–Trinajstić information content (AvgIpc) is 2.82. The lowest BCUT2D eigenvalue weighted by molar-refractivity contribution is 0.181. The normalized spacial score (nSPS) is 20.5. The Hall–Kier alpha value is 0.234. The Labute approximate surface area is 113 Å². The van der Waals surface area contributed by atoms with E-state index in [1.165, 1.54) is 6.42 Å². The lowest BCUT2D eigenvalue weighted by atomic mass is 10.4. The number of nitrogens with zero attached hydrogens (tertiary/aromatic N) is 1. The second-order valence-electron chi connectivity index (χ2n) is 4.86. The lowest BCUT2D eigenvalue weighted by Crippen LogP contribution is -2.53. The molecule has 1 fully saturated rings. The minimum absolute atomic E-state index is 1.01. The molecule has 0 amide bonds. The van der Waals surface area contributed by atoms with Crippen LogP contribution in [0.4, 0.5) is 0 Å². The number of rotatable bonds is 8. The maximum absolute atomic E-state index is 5.69. The monoisotopic (exact) mass is 293 g/mol. The summed E-state index contributed by atoms with van der Waals surface area (Å²) < 4.78 is 24.8. The highest BCUT2D eigenvalue weighted by molar-refractivity contribution is 6.66. The van der Waals surface area contributed by atoms with Gasteiger partial charge in [-0.3, -0.25) is 4.57 Å². The fourth-order valence-corrected chi connectivity index (χ4v) is 6.91. The molecule has 7 heteroatoms. The van der Waals surface area contributed by atoms with Gasteiger partial charge in [0.2, 0.25) is 0 Å². The third-order valence-corrected chi connectivity index (χ3v) is 10.6. The Morgan fingerprint density at radius 2 is 1.72 bits per heavy atom. The summed E-state index contributed by atoms with van der Waals surface area (Å²) in [5, 5.41) is 0. The van der Waals surface area contributed by atoms with Crippen molar-refractivity contribution in [3.05, 3.63) is 0 Å². The van der Waals surface area contributed by atoms with Gasteiger partial charge < -0.3 is 17.7 Å². The zero-order valence-electron chi connectivity index (χ0n) is 12.3. The molecule has 108 valence electrons. The molecule has 0 radical (unpaired) electrons. The van der Waals surface area contributed by atoms with E-state index in [9.17, 15) is 0 Å². The van der Waals surface area contributed by atoms with Gasteiger partial charge in [-0.1, -0.05) is 0 Å². The smallest absolute Gasteiger partial charge is 0.398 e. The van der Waals surface area contributed by atoms with Gasteiger partial charge in [0.15, 0.2) is 0 Å². The van der Waals surface area contributed by atoms with Gasteiger partial charge in [0.25, 0.3) is 0 Å². The first-order chi connectivity index (χ1) is 8.55. The van der Waals surface area contributed by atoms with Crippen molar-refractivity contribution in [1.82, 2.24) is 4.57 Å². The first-order valence-electron chi connectivity index (χ1n) is 6.51. The molecule has 0 aromatic carbocycles. The van der Waals surface area contributed by atoms with E-state index in [0.717, 1.165) is 31.6 Å². The molecular weight excluding hydrogens is 266 g/mol. The predicted octanol–water partition coefficient (Wildman–Crippen LogP) is 1.68. The van der Waals surface area contributed by atoms with Crippen LogP contribution in [0.2, 0.25) is 18.6 Å².